The zero-order chi connectivity index (χ0) is 4.99. The van der Waals surface area contributed by atoms with Gasteiger partial charge in [-0.2, -0.15) is 0 Å². The van der Waals surface area contributed by atoms with Crippen molar-refractivity contribution in [1.29, 1.82) is 0 Å². The van der Waals surface area contributed by atoms with Crippen molar-refractivity contribution >= 4 is 12.4 Å². The van der Waals surface area contributed by atoms with Crippen molar-refractivity contribution in [3.8, 4) is 0 Å². The summed E-state index contributed by atoms with van der Waals surface area (Å²) in [6.07, 6.45) is 0. The molecule has 43 valence electrons. The molecule has 0 amide bonds. The van der Waals surface area contributed by atoms with Crippen molar-refractivity contribution in [2.75, 3.05) is 6.61 Å². The van der Waals surface area contributed by atoms with E-state index in [0.29, 0.717) is 5.92 Å². The second-order valence-corrected chi connectivity index (χ2v) is 2.16. The molecule has 0 aliphatic heterocycles. The Morgan fingerprint density at radius 1 is 1.57 bits per heavy atom. The van der Waals surface area contributed by atoms with E-state index in [4.69, 9.17) is 3.32 Å². The summed E-state index contributed by atoms with van der Waals surface area (Å²) >= 11 is 1.72. The predicted molar refractivity (Wildman–Crippen MR) is 28.0 cm³/mol. The van der Waals surface area contributed by atoms with E-state index in [1.54, 1.807) is 20.8 Å². The Labute approximate surface area is 63.1 Å². The summed E-state index contributed by atoms with van der Waals surface area (Å²) in [5, 5.41) is 0. The molecule has 0 unspecified atom stereocenters. The molecule has 0 aromatic carbocycles. The van der Waals surface area contributed by atoms with Crippen LogP contribution in [0.25, 0.3) is 0 Å². The Bertz CT molecular complexity index is 32.9. The number of halogens is 1. The second-order valence-electron chi connectivity index (χ2n) is 1.70. The van der Waals surface area contributed by atoms with Gasteiger partial charge in [-0.15, -0.1) is 12.4 Å². The minimum absolute atomic E-state index is 0. The topological polar surface area (TPSA) is 9.23 Å². The van der Waals surface area contributed by atoms with Gasteiger partial charge in [0.25, 0.3) is 0 Å². The third-order valence-corrected chi connectivity index (χ3v) is 0.677. The standard InChI is InChI=1S/C4H9O.ClH.Ti/c1-4(2)3-5;;/h4H,3H2,1-2H3;1H;/q-1;;+1. The first-order valence-corrected chi connectivity index (χ1v) is 2.69. The maximum absolute atomic E-state index is 4.80. The van der Waals surface area contributed by atoms with Crippen molar-refractivity contribution in [3.63, 3.8) is 0 Å². The summed E-state index contributed by atoms with van der Waals surface area (Å²) in [5.74, 6) is 0.676. The second kappa shape index (κ2) is 6.96. The third kappa shape index (κ3) is 10.9. The molecule has 0 atom stereocenters. The van der Waals surface area contributed by atoms with Gasteiger partial charge in [0.15, 0.2) is 0 Å². The monoisotopic (exact) mass is 157 g/mol. The summed E-state index contributed by atoms with van der Waals surface area (Å²) < 4.78 is 4.80. The van der Waals surface area contributed by atoms with Crippen LogP contribution in [0.1, 0.15) is 13.8 Å². The van der Waals surface area contributed by atoms with Crippen LogP contribution in [-0.2, 0) is 24.1 Å². The van der Waals surface area contributed by atoms with E-state index in [9.17, 15) is 0 Å². The Kier molecular flexibility index (Phi) is 10.8. The molecule has 0 rings (SSSR count). The van der Waals surface area contributed by atoms with Gasteiger partial charge in [0, 0.05) is 0 Å². The van der Waals surface area contributed by atoms with Crippen LogP contribution in [0, 0.1) is 5.92 Å². The fraction of sp³-hybridized carbons (Fsp3) is 1.00. The molecule has 0 saturated heterocycles. The molecule has 0 aliphatic rings. The van der Waals surface area contributed by atoms with Crippen molar-refractivity contribution < 1.29 is 24.1 Å². The maximum atomic E-state index is 4.80. The molecule has 0 radical (unpaired) electrons. The van der Waals surface area contributed by atoms with Crippen molar-refractivity contribution in [3.05, 3.63) is 0 Å². The predicted octanol–water partition coefficient (Wildman–Crippen LogP) is 1.54. The Balaban J connectivity index is 0. The average Bonchev–Trinajstić information content (AvgIpc) is 1.35. The summed E-state index contributed by atoms with van der Waals surface area (Å²) in [7, 11) is 0. The zero-order valence-electron chi connectivity index (χ0n) is 4.60. The molecule has 0 N–H and O–H groups in total. The summed E-state index contributed by atoms with van der Waals surface area (Å²) in [6, 6.07) is 0. The Morgan fingerprint density at radius 2 is 2.00 bits per heavy atom. The molecular weight excluding hydrogens is 147 g/mol. The molecule has 0 bridgehead atoms. The smallest absolute Gasteiger partial charge is 0.147 e. The van der Waals surface area contributed by atoms with Crippen molar-refractivity contribution in [2.45, 2.75) is 13.8 Å². The van der Waals surface area contributed by atoms with Crippen molar-refractivity contribution in [1.82, 2.24) is 0 Å². The van der Waals surface area contributed by atoms with Gasteiger partial charge >= 0.3 is 50.5 Å². The molecule has 1 nitrogen and oxygen atoms in total. The van der Waals surface area contributed by atoms with Gasteiger partial charge in [0.2, 0.25) is 0 Å². The van der Waals surface area contributed by atoms with Crippen LogP contribution in [0.5, 0.6) is 0 Å². The van der Waals surface area contributed by atoms with E-state index in [1.807, 2.05) is 0 Å². The van der Waals surface area contributed by atoms with E-state index < -0.39 is 0 Å². The molecule has 0 aromatic rings. The number of hydrogen-bond donors (Lipinski definition) is 0. The Morgan fingerprint density at radius 3 is 2.00 bits per heavy atom. The van der Waals surface area contributed by atoms with Gasteiger partial charge in [-0.3, -0.25) is 0 Å². The van der Waals surface area contributed by atoms with E-state index >= 15 is 0 Å². The fourth-order valence-electron chi connectivity index (χ4n) is 0.167. The summed E-state index contributed by atoms with van der Waals surface area (Å²) in [6.45, 7) is 5.13. The van der Waals surface area contributed by atoms with Gasteiger partial charge in [0.1, 0.15) is 0 Å². The molecule has 0 saturated carbocycles. The first-order chi connectivity index (χ1) is 2.77. The van der Waals surface area contributed by atoms with Crippen LogP contribution in [0.15, 0.2) is 0 Å². The minimum atomic E-state index is 0. The molecule has 0 heterocycles. The van der Waals surface area contributed by atoms with Gasteiger partial charge < -0.3 is 0 Å². The SMILES string of the molecule is CC(C)C[O][Ti].Cl. The molecule has 3 heteroatoms. The molecule has 0 aromatic heterocycles. The van der Waals surface area contributed by atoms with Crippen LogP contribution in [-0.4, -0.2) is 6.61 Å². The number of rotatable bonds is 2. The molecule has 0 aliphatic carbocycles. The first-order valence-electron chi connectivity index (χ1n) is 2.06. The molecular formula is C4H10ClOTi. The van der Waals surface area contributed by atoms with Crippen LogP contribution >= 0.6 is 12.4 Å². The summed E-state index contributed by atoms with van der Waals surface area (Å²) in [4.78, 5) is 0. The molecule has 0 fully saturated rings. The normalized spacial score (nSPS) is 8.29. The zero-order valence-corrected chi connectivity index (χ0v) is 6.98. The van der Waals surface area contributed by atoms with E-state index in [-0.39, 0.29) is 12.4 Å². The molecule has 7 heavy (non-hydrogen) atoms. The van der Waals surface area contributed by atoms with E-state index in [2.05, 4.69) is 13.8 Å². The van der Waals surface area contributed by atoms with Gasteiger partial charge in [0.05, 0.1) is 0 Å². The maximum Gasteiger partial charge on any atom is -0.147 e. The van der Waals surface area contributed by atoms with Crippen LogP contribution in [0.4, 0.5) is 0 Å². The van der Waals surface area contributed by atoms with E-state index in [0.717, 1.165) is 6.61 Å². The summed E-state index contributed by atoms with van der Waals surface area (Å²) in [5.41, 5.74) is 0. The van der Waals surface area contributed by atoms with E-state index in [1.165, 1.54) is 0 Å². The van der Waals surface area contributed by atoms with Gasteiger partial charge in [-0.25, -0.2) is 0 Å². The van der Waals surface area contributed by atoms with Crippen LogP contribution in [0.2, 0.25) is 0 Å². The van der Waals surface area contributed by atoms with Crippen molar-refractivity contribution in [2.24, 2.45) is 5.92 Å². The largest absolute Gasteiger partial charge is 0.147 e. The van der Waals surface area contributed by atoms with Gasteiger partial charge in [-0.1, -0.05) is 0 Å². The fourth-order valence-corrected chi connectivity index (χ4v) is 0.687. The number of hydrogen-bond acceptors (Lipinski definition) is 1. The minimum Gasteiger partial charge on any atom is -0.147 e. The third-order valence-electron chi connectivity index (χ3n) is 0.417. The molecule has 0 spiro atoms. The first kappa shape index (κ1) is 10.9. The quantitative estimate of drug-likeness (QED) is 0.553. The van der Waals surface area contributed by atoms with Crippen LogP contribution < -0.4 is 0 Å². The average molecular weight is 157 g/mol. The Hall–Kier alpha value is 0.964. The van der Waals surface area contributed by atoms with Gasteiger partial charge in [-0.05, 0) is 0 Å². The van der Waals surface area contributed by atoms with Crippen LogP contribution in [0.3, 0.4) is 0 Å².